The number of thiophene rings is 1. The number of hydrogen-bond acceptors (Lipinski definition) is 5. The van der Waals surface area contributed by atoms with Crippen LogP contribution in [0.1, 0.15) is 28.1 Å². The molecule has 1 aliphatic rings. The van der Waals surface area contributed by atoms with Crippen LogP contribution in [0.2, 0.25) is 0 Å². The molecule has 0 saturated carbocycles. The number of benzene rings is 1. The number of nitrogens with zero attached hydrogens (tertiary/aromatic N) is 1. The van der Waals surface area contributed by atoms with Crippen molar-refractivity contribution in [1.82, 2.24) is 10.2 Å². The number of nitrogens with one attached hydrogen (secondary N) is 1. The Kier molecular flexibility index (Phi) is 6.01. The molecule has 3 rings (SSSR count). The van der Waals surface area contributed by atoms with Crippen molar-refractivity contribution in [3.8, 4) is 0 Å². The number of likely N-dealkylation sites (tertiary alicyclic amines) is 1. The molecular weight excluding hydrogens is 352 g/mol. The largest absolute Gasteiger partial charge is 0.454 e. The number of rotatable bonds is 6. The number of amides is 2. The molecular formula is C19H20N2O4S. The van der Waals surface area contributed by atoms with Gasteiger partial charge in [-0.2, -0.15) is 0 Å². The van der Waals surface area contributed by atoms with Gasteiger partial charge in [0.1, 0.15) is 6.04 Å². The van der Waals surface area contributed by atoms with E-state index in [4.69, 9.17) is 4.74 Å². The van der Waals surface area contributed by atoms with Gasteiger partial charge >= 0.3 is 5.97 Å². The minimum absolute atomic E-state index is 0.159. The predicted molar refractivity (Wildman–Crippen MR) is 97.6 cm³/mol. The molecule has 2 amide bonds. The summed E-state index contributed by atoms with van der Waals surface area (Å²) in [7, 11) is 0. The monoisotopic (exact) mass is 372 g/mol. The van der Waals surface area contributed by atoms with Crippen LogP contribution in [0.25, 0.3) is 0 Å². The van der Waals surface area contributed by atoms with Crippen LogP contribution in [0.4, 0.5) is 0 Å². The Morgan fingerprint density at radius 2 is 1.96 bits per heavy atom. The van der Waals surface area contributed by atoms with Crippen molar-refractivity contribution in [1.29, 1.82) is 0 Å². The predicted octanol–water partition coefficient (Wildman–Crippen LogP) is 2.21. The first kappa shape index (κ1) is 18.1. The molecule has 1 aromatic carbocycles. The quantitative estimate of drug-likeness (QED) is 0.789. The lowest BCUT2D eigenvalue weighted by molar-refractivity contribution is -0.152. The molecule has 1 aromatic heterocycles. The molecule has 1 fully saturated rings. The third-order valence-corrected chi connectivity index (χ3v) is 5.05. The molecule has 2 heterocycles. The molecule has 6 nitrogen and oxygen atoms in total. The minimum Gasteiger partial charge on any atom is -0.454 e. The average molecular weight is 372 g/mol. The Hall–Kier alpha value is -2.67. The van der Waals surface area contributed by atoms with Crippen molar-refractivity contribution in [3.63, 3.8) is 0 Å². The maximum Gasteiger partial charge on any atom is 0.329 e. The molecule has 7 heteroatoms. The highest BCUT2D eigenvalue weighted by molar-refractivity contribution is 7.12. The summed E-state index contributed by atoms with van der Waals surface area (Å²) in [6, 6.07) is 12.4. The highest BCUT2D eigenvalue weighted by atomic mass is 32.1. The van der Waals surface area contributed by atoms with Crippen molar-refractivity contribution in [2.45, 2.75) is 25.4 Å². The number of carbonyl (C=O) groups excluding carboxylic acids is 3. The van der Waals surface area contributed by atoms with E-state index in [0.717, 1.165) is 12.0 Å². The second kappa shape index (κ2) is 8.62. The zero-order valence-electron chi connectivity index (χ0n) is 14.2. The van der Waals surface area contributed by atoms with Crippen LogP contribution in [0.3, 0.4) is 0 Å². The van der Waals surface area contributed by atoms with Crippen molar-refractivity contribution < 1.29 is 19.1 Å². The number of carbonyl (C=O) groups is 3. The zero-order valence-corrected chi connectivity index (χ0v) is 15.0. The van der Waals surface area contributed by atoms with E-state index in [1.165, 1.54) is 16.2 Å². The fourth-order valence-corrected chi connectivity index (χ4v) is 3.56. The summed E-state index contributed by atoms with van der Waals surface area (Å²) in [6.07, 6.45) is 1.30. The summed E-state index contributed by atoms with van der Waals surface area (Å²) in [5.41, 5.74) is 0.968. The van der Waals surface area contributed by atoms with Gasteiger partial charge in [0, 0.05) is 13.1 Å². The molecule has 2 aromatic rings. The average Bonchev–Trinajstić information content (AvgIpc) is 3.36. The summed E-state index contributed by atoms with van der Waals surface area (Å²) in [6.45, 7) is 0.559. The lowest BCUT2D eigenvalue weighted by atomic mass is 10.2. The summed E-state index contributed by atoms with van der Waals surface area (Å²) in [5, 5.41) is 4.53. The Bertz CT molecular complexity index is 761. The Morgan fingerprint density at radius 1 is 1.15 bits per heavy atom. The van der Waals surface area contributed by atoms with E-state index in [1.54, 1.807) is 12.1 Å². The molecule has 1 N–H and O–H groups in total. The molecule has 1 atom stereocenters. The highest BCUT2D eigenvalue weighted by Gasteiger charge is 2.36. The van der Waals surface area contributed by atoms with Gasteiger partial charge in [0.25, 0.3) is 11.8 Å². The normalized spacial score (nSPS) is 16.3. The molecule has 1 aliphatic heterocycles. The Balaban J connectivity index is 1.48. The van der Waals surface area contributed by atoms with Gasteiger partial charge in [0.05, 0.1) is 4.88 Å². The van der Waals surface area contributed by atoms with Crippen LogP contribution in [-0.4, -0.2) is 41.9 Å². The number of esters is 1. The summed E-state index contributed by atoms with van der Waals surface area (Å²) >= 11 is 1.35. The van der Waals surface area contributed by atoms with E-state index in [2.05, 4.69) is 5.32 Å². The first-order valence-corrected chi connectivity index (χ1v) is 9.35. The zero-order chi connectivity index (χ0) is 18.4. The van der Waals surface area contributed by atoms with Crippen molar-refractivity contribution in [3.05, 3.63) is 58.3 Å². The summed E-state index contributed by atoms with van der Waals surface area (Å²) in [4.78, 5) is 38.8. The van der Waals surface area contributed by atoms with Crippen LogP contribution >= 0.6 is 11.3 Å². The van der Waals surface area contributed by atoms with Gasteiger partial charge in [-0.05, 0) is 29.9 Å². The Morgan fingerprint density at radius 3 is 2.69 bits per heavy atom. The minimum atomic E-state index is -0.619. The van der Waals surface area contributed by atoms with E-state index in [0.29, 0.717) is 24.4 Å². The van der Waals surface area contributed by atoms with E-state index >= 15 is 0 Å². The molecule has 136 valence electrons. The third-order valence-electron chi connectivity index (χ3n) is 4.20. The smallest absolute Gasteiger partial charge is 0.329 e. The van der Waals surface area contributed by atoms with Crippen molar-refractivity contribution in [2.24, 2.45) is 0 Å². The van der Waals surface area contributed by atoms with Crippen LogP contribution < -0.4 is 5.32 Å². The molecule has 0 bridgehead atoms. The molecule has 1 saturated heterocycles. The molecule has 0 radical (unpaired) electrons. The topological polar surface area (TPSA) is 75.7 Å². The van der Waals surface area contributed by atoms with Crippen molar-refractivity contribution >= 4 is 29.1 Å². The highest BCUT2D eigenvalue weighted by Crippen LogP contribution is 2.23. The molecule has 26 heavy (non-hydrogen) atoms. The second-order valence-electron chi connectivity index (χ2n) is 6.00. The van der Waals surface area contributed by atoms with Crippen LogP contribution in [0, 0.1) is 0 Å². The van der Waals surface area contributed by atoms with Gasteiger partial charge < -0.3 is 15.0 Å². The molecule has 0 aliphatic carbocycles. The van der Waals surface area contributed by atoms with Gasteiger partial charge in [-0.25, -0.2) is 4.79 Å². The standard InChI is InChI=1S/C19H20N2O4S/c22-17(20-12-14-6-2-1-3-7-14)13-25-19(24)15-8-4-10-21(15)18(23)16-9-5-11-26-16/h1-3,5-7,9,11,15H,4,8,10,12-13H2,(H,20,22)/t15-/m0/s1. The van der Waals surface area contributed by atoms with Gasteiger partial charge in [0.2, 0.25) is 0 Å². The lowest BCUT2D eigenvalue weighted by Gasteiger charge is -2.22. The van der Waals surface area contributed by atoms with Gasteiger partial charge in [-0.3, -0.25) is 9.59 Å². The van der Waals surface area contributed by atoms with Crippen LogP contribution in [0.5, 0.6) is 0 Å². The molecule has 0 spiro atoms. The maximum absolute atomic E-state index is 12.5. The third kappa shape index (κ3) is 4.49. The van der Waals surface area contributed by atoms with E-state index in [-0.39, 0.29) is 18.4 Å². The van der Waals surface area contributed by atoms with E-state index < -0.39 is 12.0 Å². The van der Waals surface area contributed by atoms with Crippen molar-refractivity contribution in [2.75, 3.05) is 13.2 Å². The van der Waals surface area contributed by atoms with E-state index in [1.807, 2.05) is 35.7 Å². The fraction of sp³-hybridized carbons (Fsp3) is 0.316. The van der Waals surface area contributed by atoms with Gasteiger partial charge in [-0.15, -0.1) is 11.3 Å². The lowest BCUT2D eigenvalue weighted by Crippen LogP contribution is -2.42. The van der Waals surface area contributed by atoms with Crippen LogP contribution in [-0.2, 0) is 20.9 Å². The van der Waals surface area contributed by atoms with Gasteiger partial charge in [0.15, 0.2) is 6.61 Å². The first-order chi connectivity index (χ1) is 12.6. The number of hydrogen-bond donors (Lipinski definition) is 1. The fourth-order valence-electron chi connectivity index (χ4n) is 2.88. The van der Waals surface area contributed by atoms with Crippen LogP contribution in [0.15, 0.2) is 47.8 Å². The maximum atomic E-state index is 12.5. The Labute approximate surface area is 155 Å². The summed E-state index contributed by atoms with van der Waals surface area (Å²) < 4.78 is 5.13. The summed E-state index contributed by atoms with van der Waals surface area (Å²) in [5.74, 6) is -1.05. The first-order valence-electron chi connectivity index (χ1n) is 8.47. The number of ether oxygens (including phenoxy) is 1. The molecule has 0 unspecified atom stereocenters. The SMILES string of the molecule is O=C(COC(=O)[C@@H]1CCCN1C(=O)c1cccs1)NCc1ccccc1. The van der Waals surface area contributed by atoms with Gasteiger partial charge in [-0.1, -0.05) is 36.4 Å². The van der Waals surface area contributed by atoms with E-state index in [9.17, 15) is 14.4 Å². The second-order valence-corrected chi connectivity index (χ2v) is 6.95.